The first kappa shape index (κ1) is 20.4. The van der Waals surface area contributed by atoms with E-state index in [9.17, 15) is 13.2 Å². The quantitative estimate of drug-likeness (QED) is 0.431. The van der Waals surface area contributed by atoms with E-state index in [4.69, 9.17) is 13.0 Å². The van der Waals surface area contributed by atoms with Gasteiger partial charge >= 0.3 is 0 Å². The summed E-state index contributed by atoms with van der Waals surface area (Å²) in [5.41, 5.74) is -0.321. The highest BCUT2D eigenvalue weighted by Gasteiger charge is 2.56. The first-order valence-electron chi connectivity index (χ1n) is 16.6. The van der Waals surface area contributed by atoms with Crippen LogP contribution in [-0.4, -0.2) is 47.9 Å². The molecule has 0 radical (unpaired) electrons. The van der Waals surface area contributed by atoms with Crippen LogP contribution in [0.4, 0.5) is 5.95 Å². The van der Waals surface area contributed by atoms with Crippen LogP contribution in [0.1, 0.15) is 75.7 Å². The van der Waals surface area contributed by atoms with Crippen LogP contribution in [-0.2, 0) is 10.0 Å². The lowest BCUT2D eigenvalue weighted by molar-refractivity contribution is 0.00919. The number of aryl methyl sites for hydroxylation is 2. The summed E-state index contributed by atoms with van der Waals surface area (Å²) in [7, 11) is -4.35. The number of amides is 1. The Morgan fingerprint density at radius 3 is 2.50 bits per heavy atom. The third kappa shape index (κ3) is 5.07. The predicted molar refractivity (Wildman–Crippen MR) is 154 cm³/mol. The molecule has 1 N–H and O–H groups in total. The highest BCUT2D eigenvalue weighted by Crippen LogP contribution is 2.62. The fourth-order valence-electron chi connectivity index (χ4n) is 5.96. The number of benzene rings is 2. The minimum atomic E-state index is -4.35. The van der Waals surface area contributed by atoms with Gasteiger partial charge in [0, 0.05) is 31.5 Å². The van der Waals surface area contributed by atoms with Crippen molar-refractivity contribution >= 4 is 21.9 Å². The molecular weight excluding hydrogens is 524 g/mol. The average Bonchev–Trinajstić information content (AvgIpc) is 3.75. The van der Waals surface area contributed by atoms with Crippen molar-refractivity contribution in [3.8, 4) is 17.1 Å². The number of sulfonamides is 1. The lowest BCUT2D eigenvalue weighted by atomic mass is 9.75. The van der Waals surface area contributed by atoms with Gasteiger partial charge in [-0.25, -0.2) is 18.1 Å². The van der Waals surface area contributed by atoms with Crippen molar-refractivity contribution in [3.05, 3.63) is 65.2 Å². The SMILES string of the molecule is [2H]C([2H])([2H])c1cccc(C([2H])([2H])[2H])c1-c1cc2nc(n1)NS(=O)(=O)c1cccc(c1)C(=O)N(C1CC3(CC3)C1)[C@H](CC(C)C)CO2. The highest BCUT2D eigenvalue weighted by molar-refractivity contribution is 7.92. The largest absolute Gasteiger partial charge is 0.475 e. The number of nitrogens with one attached hydrogen (secondary N) is 1. The van der Waals surface area contributed by atoms with Gasteiger partial charge in [-0.05, 0) is 86.5 Å². The fraction of sp³-hybridized carbons (Fsp3) is 0.452. The molecule has 2 saturated carbocycles. The number of nitrogens with zero attached hydrogens (tertiary/aromatic N) is 3. The Kier molecular flexibility index (Phi) is 5.04. The number of fused-ring (bicyclic) bond motifs is 4. The molecule has 2 fully saturated rings. The summed E-state index contributed by atoms with van der Waals surface area (Å²) in [6.45, 7) is -1.32. The van der Waals surface area contributed by atoms with Crippen LogP contribution >= 0.6 is 0 Å². The van der Waals surface area contributed by atoms with Gasteiger partial charge in [0.1, 0.15) is 6.61 Å². The highest BCUT2D eigenvalue weighted by atomic mass is 32.2. The van der Waals surface area contributed by atoms with Crippen molar-refractivity contribution < 1.29 is 26.2 Å². The molecule has 2 aromatic carbocycles. The Morgan fingerprint density at radius 1 is 1.10 bits per heavy atom. The van der Waals surface area contributed by atoms with Crippen LogP contribution in [0.15, 0.2) is 53.4 Å². The number of anilines is 1. The Labute approximate surface area is 244 Å². The Morgan fingerprint density at radius 2 is 1.82 bits per heavy atom. The number of hydrogen-bond donors (Lipinski definition) is 1. The molecule has 4 bridgehead atoms. The molecule has 1 aliphatic heterocycles. The number of carbonyl (C=O) groups is 1. The van der Waals surface area contributed by atoms with E-state index in [1.165, 1.54) is 42.5 Å². The molecule has 0 unspecified atom stereocenters. The molecule has 210 valence electrons. The number of ether oxygens (including phenoxy) is 1. The molecule has 3 aromatic rings. The van der Waals surface area contributed by atoms with E-state index >= 15 is 0 Å². The summed E-state index contributed by atoms with van der Waals surface area (Å²) in [4.78, 5) is 24.5. The van der Waals surface area contributed by atoms with Crippen LogP contribution in [0.2, 0.25) is 0 Å². The molecule has 1 spiro atoms. The normalized spacial score (nSPS) is 24.3. The molecule has 2 aliphatic carbocycles. The lowest BCUT2D eigenvalue weighted by Gasteiger charge is -2.47. The first-order chi connectivity index (χ1) is 21.5. The molecule has 40 heavy (non-hydrogen) atoms. The van der Waals surface area contributed by atoms with Gasteiger partial charge in [-0.1, -0.05) is 38.1 Å². The molecule has 6 rings (SSSR count). The van der Waals surface area contributed by atoms with E-state index < -0.39 is 35.7 Å². The Balaban J connectivity index is 1.53. The third-order valence-electron chi connectivity index (χ3n) is 8.12. The van der Waals surface area contributed by atoms with E-state index in [-0.39, 0.29) is 68.6 Å². The smallest absolute Gasteiger partial charge is 0.264 e. The Bertz CT molecular complexity index is 1750. The van der Waals surface area contributed by atoms with Gasteiger partial charge in [0.15, 0.2) is 0 Å². The second kappa shape index (κ2) is 9.87. The minimum absolute atomic E-state index is 0.0167. The topological polar surface area (TPSA) is 101 Å². The van der Waals surface area contributed by atoms with Gasteiger partial charge in [0.25, 0.3) is 15.9 Å². The van der Waals surface area contributed by atoms with Crippen molar-refractivity contribution in [2.45, 2.75) is 76.6 Å². The maximum Gasteiger partial charge on any atom is 0.264 e. The zero-order chi connectivity index (χ0) is 33.2. The molecule has 9 heteroatoms. The maximum absolute atomic E-state index is 14.2. The van der Waals surface area contributed by atoms with Crippen molar-refractivity contribution in [2.24, 2.45) is 11.3 Å². The summed E-state index contributed by atoms with van der Waals surface area (Å²) >= 11 is 0. The molecule has 2 heterocycles. The number of rotatable bonds is 4. The summed E-state index contributed by atoms with van der Waals surface area (Å²) in [5.74, 6) is -0.628. The van der Waals surface area contributed by atoms with Gasteiger partial charge in [0.2, 0.25) is 11.8 Å². The minimum Gasteiger partial charge on any atom is -0.475 e. The van der Waals surface area contributed by atoms with E-state index in [2.05, 4.69) is 14.7 Å². The number of hydrogen-bond acceptors (Lipinski definition) is 6. The van der Waals surface area contributed by atoms with Crippen LogP contribution < -0.4 is 9.46 Å². The molecule has 1 aromatic heterocycles. The van der Waals surface area contributed by atoms with Gasteiger partial charge in [-0.15, -0.1) is 0 Å². The zero-order valence-electron chi connectivity index (χ0n) is 28.5. The van der Waals surface area contributed by atoms with Gasteiger partial charge in [0.05, 0.1) is 16.6 Å². The summed E-state index contributed by atoms with van der Waals surface area (Å²) < 4.78 is 84.6. The third-order valence-corrected chi connectivity index (χ3v) is 9.45. The van der Waals surface area contributed by atoms with Crippen molar-refractivity contribution in [1.29, 1.82) is 0 Å². The van der Waals surface area contributed by atoms with Crippen LogP contribution in [0.3, 0.4) is 0 Å². The van der Waals surface area contributed by atoms with Crippen LogP contribution in [0.25, 0.3) is 11.3 Å². The molecule has 0 saturated heterocycles. The molecule has 1 atom stereocenters. The summed E-state index contributed by atoms with van der Waals surface area (Å²) in [5, 5.41) is 0. The van der Waals surface area contributed by atoms with Gasteiger partial charge in [-0.2, -0.15) is 4.98 Å². The molecule has 3 aliphatic rings. The summed E-state index contributed by atoms with van der Waals surface area (Å²) in [6, 6.07) is 10.6. The van der Waals surface area contributed by atoms with Crippen LogP contribution in [0.5, 0.6) is 5.88 Å². The van der Waals surface area contributed by atoms with Crippen molar-refractivity contribution in [2.75, 3.05) is 11.3 Å². The van der Waals surface area contributed by atoms with E-state index in [0.717, 1.165) is 25.7 Å². The predicted octanol–water partition coefficient (Wildman–Crippen LogP) is 5.75. The van der Waals surface area contributed by atoms with Gasteiger partial charge < -0.3 is 9.64 Å². The number of carbonyl (C=O) groups excluding carboxylic acids is 1. The molecule has 1 amide bonds. The van der Waals surface area contributed by atoms with E-state index in [1.807, 2.05) is 18.7 Å². The first-order valence-corrected chi connectivity index (χ1v) is 15.1. The monoisotopic (exact) mass is 566 g/mol. The molecular formula is C31H36N4O4S. The average molecular weight is 567 g/mol. The summed E-state index contributed by atoms with van der Waals surface area (Å²) in [6.07, 6.45) is 4.62. The maximum atomic E-state index is 14.2. The number of aromatic nitrogens is 2. The van der Waals surface area contributed by atoms with E-state index in [1.54, 1.807) is 6.07 Å². The van der Waals surface area contributed by atoms with E-state index in [0.29, 0.717) is 6.42 Å². The van der Waals surface area contributed by atoms with Gasteiger partial charge in [-0.3, -0.25) is 4.79 Å². The standard InChI is InChI=1S/C31H36N4O4S/c1-19(2)13-23-18-39-27-15-26(28-20(3)7-5-8-21(28)4)32-30(33-27)34-40(37,38)25-10-6-9-22(14-25)29(36)35(23)24-16-31(17-24)11-12-31/h5-10,14-15,19,23-24H,11-13,16-18H2,1-4H3,(H,32,33,34)/t23-/m1/s1/i3D3,4D3. The van der Waals surface area contributed by atoms with Crippen LogP contribution in [0, 0.1) is 25.0 Å². The second-order valence-electron chi connectivity index (χ2n) is 11.6. The molecule has 8 nitrogen and oxygen atoms in total. The second-order valence-corrected chi connectivity index (χ2v) is 13.3. The lowest BCUT2D eigenvalue weighted by Crippen LogP contribution is -2.55. The van der Waals surface area contributed by atoms with Crippen molar-refractivity contribution in [1.82, 2.24) is 14.9 Å². The van der Waals surface area contributed by atoms with Crippen molar-refractivity contribution in [3.63, 3.8) is 0 Å². The Hall–Kier alpha value is -3.46. The zero-order valence-corrected chi connectivity index (χ0v) is 23.3. The fourth-order valence-corrected chi connectivity index (χ4v) is 6.95.